The Hall–Kier alpha value is -2.65. The molecule has 7 nitrogen and oxygen atoms in total. The van der Waals surface area contributed by atoms with Crippen molar-refractivity contribution < 1.29 is 22.7 Å². The van der Waals surface area contributed by atoms with Gasteiger partial charge in [-0.1, -0.05) is 36.5 Å². The summed E-state index contributed by atoms with van der Waals surface area (Å²) in [6.07, 6.45) is 0.699. The van der Waals surface area contributed by atoms with E-state index in [-0.39, 0.29) is 17.1 Å². The van der Waals surface area contributed by atoms with Crippen LogP contribution in [0.4, 0.5) is 0 Å². The van der Waals surface area contributed by atoms with Crippen LogP contribution in [0.3, 0.4) is 0 Å². The van der Waals surface area contributed by atoms with Crippen molar-refractivity contribution in [2.75, 3.05) is 19.0 Å². The maximum absolute atomic E-state index is 12.5. The number of nitrogens with zero attached hydrogens (tertiary/aromatic N) is 2. The first-order valence-corrected chi connectivity index (χ1v) is 12.2. The zero-order chi connectivity index (χ0) is 21.1. The van der Waals surface area contributed by atoms with Crippen LogP contribution in [-0.2, 0) is 21.2 Å². The van der Waals surface area contributed by atoms with E-state index in [1.54, 1.807) is 18.2 Å². The molecule has 0 bridgehead atoms. The highest BCUT2D eigenvalue weighted by Crippen LogP contribution is 2.35. The van der Waals surface area contributed by atoms with Crippen molar-refractivity contribution in [3.8, 4) is 11.5 Å². The number of fused-ring (bicyclic) bond motifs is 2. The van der Waals surface area contributed by atoms with Crippen LogP contribution < -0.4 is 14.3 Å². The van der Waals surface area contributed by atoms with E-state index < -0.39 is 15.7 Å². The van der Waals surface area contributed by atoms with Crippen LogP contribution in [0.1, 0.15) is 19.8 Å². The molecule has 2 aromatic carbocycles. The van der Waals surface area contributed by atoms with Gasteiger partial charge in [-0.25, -0.2) is 8.42 Å². The van der Waals surface area contributed by atoms with Gasteiger partial charge in [0.1, 0.15) is 13.2 Å². The van der Waals surface area contributed by atoms with Gasteiger partial charge >= 0.3 is 0 Å². The van der Waals surface area contributed by atoms with Gasteiger partial charge in [0.05, 0.1) is 20.9 Å². The van der Waals surface area contributed by atoms with E-state index in [1.165, 1.54) is 23.5 Å². The van der Waals surface area contributed by atoms with Crippen molar-refractivity contribution in [3.05, 3.63) is 47.3 Å². The van der Waals surface area contributed by atoms with E-state index in [4.69, 9.17) is 9.47 Å². The lowest BCUT2D eigenvalue weighted by Gasteiger charge is -2.18. The number of hydrogen-bond donors (Lipinski definition) is 0. The number of carbonyl (C=O) groups is 1. The van der Waals surface area contributed by atoms with Crippen LogP contribution in [0.25, 0.3) is 10.2 Å². The van der Waals surface area contributed by atoms with E-state index in [0.717, 1.165) is 16.6 Å². The Labute approximate surface area is 178 Å². The smallest absolute Gasteiger partial charge is 0.249 e. The van der Waals surface area contributed by atoms with E-state index in [1.807, 2.05) is 23.6 Å². The predicted molar refractivity (Wildman–Crippen MR) is 115 cm³/mol. The zero-order valence-corrected chi connectivity index (χ0v) is 18.2. The van der Waals surface area contributed by atoms with Gasteiger partial charge in [0.2, 0.25) is 5.91 Å². The van der Waals surface area contributed by atoms with Crippen molar-refractivity contribution in [1.29, 1.82) is 0 Å². The average Bonchev–Trinajstić information content (AvgIpc) is 3.07. The van der Waals surface area contributed by atoms with Crippen molar-refractivity contribution in [2.45, 2.75) is 31.2 Å². The third-order valence-electron chi connectivity index (χ3n) is 4.70. The summed E-state index contributed by atoms with van der Waals surface area (Å²) in [5.41, 5.74) is 0.926. The highest BCUT2D eigenvalue weighted by atomic mass is 32.2. The fourth-order valence-corrected chi connectivity index (χ4v) is 5.60. The molecule has 0 saturated heterocycles. The summed E-state index contributed by atoms with van der Waals surface area (Å²) in [4.78, 5) is 17.5. The molecular weight excluding hydrogens is 424 g/mol. The summed E-state index contributed by atoms with van der Waals surface area (Å²) < 4.78 is 39.1. The van der Waals surface area contributed by atoms with Crippen LogP contribution >= 0.6 is 11.3 Å². The molecule has 0 N–H and O–H groups in total. The van der Waals surface area contributed by atoms with E-state index >= 15 is 0 Å². The Balaban J connectivity index is 1.62. The summed E-state index contributed by atoms with van der Waals surface area (Å²) >= 11 is 1.39. The second kappa shape index (κ2) is 8.61. The molecule has 1 amide bonds. The standard InChI is InChI=1S/C21H22N2O5S2/c1-2-9-23-16-13-17-18(28-11-10-27-17)14-19(16)29-21(23)22-20(24)8-12-30(25,26)15-6-4-3-5-7-15/h3-7,13-14H,2,8-12H2,1H3. The van der Waals surface area contributed by atoms with E-state index in [2.05, 4.69) is 4.99 Å². The van der Waals surface area contributed by atoms with Gasteiger partial charge < -0.3 is 14.0 Å². The summed E-state index contributed by atoms with van der Waals surface area (Å²) in [6, 6.07) is 12.0. The lowest BCUT2D eigenvalue weighted by Crippen LogP contribution is -2.18. The number of benzene rings is 2. The molecule has 0 aliphatic carbocycles. The minimum absolute atomic E-state index is 0.166. The molecule has 0 saturated carbocycles. The molecule has 0 fully saturated rings. The summed E-state index contributed by atoms with van der Waals surface area (Å²) in [7, 11) is -3.52. The molecule has 9 heteroatoms. The molecular formula is C21H22N2O5S2. The van der Waals surface area contributed by atoms with E-state index in [9.17, 15) is 13.2 Å². The number of carbonyl (C=O) groups excluding carboxylic acids is 1. The highest BCUT2D eigenvalue weighted by molar-refractivity contribution is 7.91. The first-order valence-electron chi connectivity index (χ1n) is 9.76. The normalized spacial score (nSPS) is 14.2. The summed E-state index contributed by atoms with van der Waals surface area (Å²) in [6.45, 7) is 3.74. The van der Waals surface area contributed by atoms with Crippen LogP contribution in [0, 0.1) is 0 Å². The van der Waals surface area contributed by atoms with Crippen molar-refractivity contribution in [1.82, 2.24) is 4.57 Å². The minimum atomic E-state index is -3.52. The number of rotatable bonds is 6. The van der Waals surface area contributed by atoms with Crippen molar-refractivity contribution >= 4 is 37.3 Å². The lowest BCUT2D eigenvalue weighted by molar-refractivity contribution is -0.117. The van der Waals surface area contributed by atoms with Gasteiger partial charge in [0.25, 0.3) is 0 Å². The summed E-state index contributed by atoms with van der Waals surface area (Å²) in [5.74, 6) is 0.644. The van der Waals surface area contributed by atoms with Gasteiger partial charge in [-0.05, 0) is 18.6 Å². The van der Waals surface area contributed by atoms with Gasteiger partial charge in [0.15, 0.2) is 26.1 Å². The Kier molecular flexibility index (Phi) is 5.92. The third kappa shape index (κ3) is 4.27. The van der Waals surface area contributed by atoms with Crippen molar-refractivity contribution in [2.24, 2.45) is 4.99 Å². The predicted octanol–water partition coefficient (Wildman–Crippen LogP) is 3.18. The fourth-order valence-electron chi connectivity index (χ4n) is 3.26. The number of hydrogen-bond acceptors (Lipinski definition) is 6. The summed E-state index contributed by atoms with van der Waals surface area (Å²) in [5, 5.41) is 0. The Morgan fingerprint density at radius 2 is 1.83 bits per heavy atom. The Bertz CT molecular complexity index is 1240. The molecule has 0 radical (unpaired) electrons. The van der Waals surface area contributed by atoms with Crippen LogP contribution in [0.5, 0.6) is 11.5 Å². The zero-order valence-electron chi connectivity index (χ0n) is 16.5. The number of aromatic nitrogens is 1. The van der Waals surface area contributed by atoms with Gasteiger partial charge in [-0.15, -0.1) is 0 Å². The average molecular weight is 447 g/mol. The molecule has 4 rings (SSSR count). The SMILES string of the molecule is CCCn1c(=NC(=O)CCS(=O)(=O)c2ccccc2)sc2cc3c(cc21)OCCO3. The quantitative estimate of drug-likeness (QED) is 0.580. The molecule has 1 aliphatic heterocycles. The van der Waals surface area contributed by atoms with Crippen LogP contribution in [-0.4, -0.2) is 37.9 Å². The lowest BCUT2D eigenvalue weighted by atomic mass is 10.2. The molecule has 2 heterocycles. The number of thiazole rings is 1. The fraction of sp³-hybridized carbons (Fsp3) is 0.333. The topological polar surface area (TPSA) is 87.0 Å². The maximum atomic E-state index is 12.5. The second-order valence-corrected chi connectivity index (χ2v) is 10.0. The Morgan fingerprint density at radius 1 is 1.13 bits per heavy atom. The molecule has 0 spiro atoms. The molecule has 0 atom stereocenters. The number of sulfone groups is 1. The molecule has 3 aromatic rings. The molecule has 1 aromatic heterocycles. The Morgan fingerprint density at radius 3 is 2.53 bits per heavy atom. The first-order chi connectivity index (χ1) is 14.5. The number of aryl methyl sites for hydroxylation is 1. The van der Waals surface area contributed by atoms with Gasteiger partial charge in [-0.2, -0.15) is 4.99 Å². The molecule has 1 aliphatic rings. The molecule has 158 valence electrons. The van der Waals surface area contributed by atoms with E-state index in [0.29, 0.717) is 36.1 Å². The second-order valence-electron chi connectivity index (χ2n) is 6.89. The molecule has 30 heavy (non-hydrogen) atoms. The largest absolute Gasteiger partial charge is 0.486 e. The maximum Gasteiger partial charge on any atom is 0.249 e. The molecule has 0 unspecified atom stereocenters. The van der Waals surface area contributed by atoms with Crippen LogP contribution in [0.2, 0.25) is 0 Å². The monoisotopic (exact) mass is 446 g/mol. The van der Waals surface area contributed by atoms with Gasteiger partial charge in [-0.3, -0.25) is 4.79 Å². The van der Waals surface area contributed by atoms with Crippen LogP contribution in [0.15, 0.2) is 52.4 Å². The number of ether oxygens (including phenoxy) is 2. The minimum Gasteiger partial charge on any atom is -0.486 e. The first kappa shape index (κ1) is 20.6. The third-order valence-corrected chi connectivity index (χ3v) is 7.47. The van der Waals surface area contributed by atoms with Gasteiger partial charge in [0, 0.05) is 25.1 Å². The van der Waals surface area contributed by atoms with Crippen molar-refractivity contribution in [3.63, 3.8) is 0 Å². The number of amides is 1. The highest BCUT2D eigenvalue weighted by Gasteiger charge is 2.18.